The number of para-hydroxylation sites is 1. The quantitative estimate of drug-likeness (QED) is 0.602. The van der Waals surface area contributed by atoms with E-state index in [1.165, 1.54) is 16.5 Å². The molecule has 2 nitrogen and oxygen atoms in total. The van der Waals surface area contributed by atoms with Crippen LogP contribution in [0.1, 0.15) is 11.3 Å². The van der Waals surface area contributed by atoms with Crippen LogP contribution in [0.3, 0.4) is 0 Å². The van der Waals surface area contributed by atoms with Gasteiger partial charge in [0.1, 0.15) is 8.07 Å². The molecule has 2 aromatic rings. The Kier molecular flexibility index (Phi) is 3.84. The molecule has 0 radical (unpaired) electrons. The van der Waals surface area contributed by atoms with E-state index in [0.29, 0.717) is 6.61 Å². The summed E-state index contributed by atoms with van der Waals surface area (Å²) in [4.78, 5) is 0. The van der Waals surface area contributed by atoms with Crippen LogP contribution < -0.4 is 0 Å². The van der Waals surface area contributed by atoms with Gasteiger partial charge in [-0.3, -0.25) is 0 Å². The number of methoxy groups -OCH3 is 1. The first-order chi connectivity index (χ1) is 8.94. The Labute approximate surface area is 116 Å². The molecule has 0 spiro atoms. The van der Waals surface area contributed by atoms with Gasteiger partial charge in [-0.15, -0.1) is 5.54 Å². The largest absolute Gasteiger partial charge is 0.380 e. The third-order valence-corrected chi connectivity index (χ3v) is 3.93. The lowest BCUT2D eigenvalue weighted by atomic mass is 10.1. The van der Waals surface area contributed by atoms with Crippen molar-refractivity contribution in [1.82, 2.24) is 4.57 Å². The van der Waals surface area contributed by atoms with Crippen LogP contribution in [0.5, 0.6) is 0 Å². The molecule has 0 amide bonds. The highest BCUT2D eigenvalue weighted by Crippen LogP contribution is 2.25. The van der Waals surface area contributed by atoms with Gasteiger partial charge in [-0.1, -0.05) is 43.8 Å². The van der Waals surface area contributed by atoms with Gasteiger partial charge in [0.15, 0.2) is 0 Å². The topological polar surface area (TPSA) is 14.2 Å². The second kappa shape index (κ2) is 5.24. The van der Waals surface area contributed by atoms with Gasteiger partial charge in [0.2, 0.25) is 0 Å². The van der Waals surface area contributed by atoms with Crippen LogP contribution in [0.4, 0.5) is 0 Å². The normalized spacial score (nSPS) is 11.4. The third-order valence-electron chi connectivity index (χ3n) is 3.06. The highest BCUT2D eigenvalue weighted by atomic mass is 28.3. The van der Waals surface area contributed by atoms with Crippen LogP contribution in [0.2, 0.25) is 19.6 Å². The van der Waals surface area contributed by atoms with Crippen LogP contribution in [-0.4, -0.2) is 19.8 Å². The lowest BCUT2D eigenvalue weighted by molar-refractivity contribution is 0.185. The van der Waals surface area contributed by atoms with E-state index in [1.807, 2.05) is 0 Å². The monoisotopic (exact) mass is 271 g/mol. The fraction of sp³-hybridized carbons (Fsp3) is 0.375. The Morgan fingerprint density at radius 2 is 1.89 bits per heavy atom. The van der Waals surface area contributed by atoms with Crippen LogP contribution >= 0.6 is 0 Å². The highest BCUT2D eigenvalue weighted by Gasteiger charge is 2.14. The Hall–Kier alpha value is -1.50. The molecule has 0 saturated heterocycles. The molecule has 0 saturated carbocycles. The molecule has 1 aromatic heterocycles. The van der Waals surface area contributed by atoms with E-state index in [4.69, 9.17) is 4.74 Å². The predicted molar refractivity (Wildman–Crippen MR) is 83.9 cm³/mol. The molecule has 0 aliphatic carbocycles. The molecule has 0 aliphatic heterocycles. The zero-order valence-corrected chi connectivity index (χ0v) is 13.4. The van der Waals surface area contributed by atoms with Crippen molar-refractivity contribution < 1.29 is 4.74 Å². The SMILES string of the molecule is COCc1c(C#C[Si](C)(C)C)n(C)c2ccccc12. The van der Waals surface area contributed by atoms with E-state index in [2.05, 4.69) is 67.0 Å². The van der Waals surface area contributed by atoms with Crippen molar-refractivity contribution in [3.8, 4) is 11.5 Å². The second-order valence-electron chi connectivity index (χ2n) is 5.84. The van der Waals surface area contributed by atoms with E-state index in [-0.39, 0.29) is 0 Å². The van der Waals surface area contributed by atoms with Crippen molar-refractivity contribution in [2.75, 3.05) is 7.11 Å². The summed E-state index contributed by atoms with van der Waals surface area (Å²) in [5, 5.41) is 1.24. The molecule has 3 heteroatoms. The average Bonchev–Trinajstić information content (AvgIpc) is 2.61. The van der Waals surface area contributed by atoms with Gasteiger partial charge in [-0.05, 0) is 6.07 Å². The Balaban J connectivity index is 2.67. The maximum absolute atomic E-state index is 5.35. The molecule has 1 aromatic carbocycles. The van der Waals surface area contributed by atoms with Gasteiger partial charge >= 0.3 is 0 Å². The number of aryl methyl sites for hydroxylation is 1. The summed E-state index contributed by atoms with van der Waals surface area (Å²) in [6.07, 6.45) is 0. The first-order valence-corrected chi connectivity index (χ1v) is 10.0. The lowest BCUT2D eigenvalue weighted by Gasteiger charge is -2.05. The summed E-state index contributed by atoms with van der Waals surface area (Å²) in [5.41, 5.74) is 6.96. The van der Waals surface area contributed by atoms with Gasteiger partial charge in [0.05, 0.1) is 12.3 Å². The predicted octanol–water partition coefficient (Wildman–Crippen LogP) is 3.55. The molecule has 0 unspecified atom stereocenters. The Morgan fingerprint density at radius 1 is 1.21 bits per heavy atom. The molecule has 1 heterocycles. The zero-order chi connectivity index (χ0) is 14.0. The summed E-state index contributed by atoms with van der Waals surface area (Å²) >= 11 is 0. The molecule has 0 N–H and O–H groups in total. The molecule has 0 bridgehead atoms. The Morgan fingerprint density at radius 3 is 2.53 bits per heavy atom. The minimum atomic E-state index is -1.37. The van der Waals surface area contributed by atoms with Gasteiger partial charge in [-0.2, -0.15) is 0 Å². The zero-order valence-electron chi connectivity index (χ0n) is 12.4. The number of rotatable bonds is 2. The number of benzene rings is 1. The van der Waals surface area contributed by atoms with Gasteiger partial charge < -0.3 is 9.30 Å². The van der Waals surface area contributed by atoms with Crippen molar-refractivity contribution in [1.29, 1.82) is 0 Å². The highest BCUT2D eigenvalue weighted by molar-refractivity contribution is 6.83. The van der Waals surface area contributed by atoms with Crippen LogP contribution in [-0.2, 0) is 18.4 Å². The molecule has 100 valence electrons. The van der Waals surface area contributed by atoms with E-state index < -0.39 is 8.07 Å². The average molecular weight is 271 g/mol. The molecular formula is C16H21NOSi. The molecule has 0 aliphatic rings. The lowest BCUT2D eigenvalue weighted by Crippen LogP contribution is -2.16. The summed E-state index contributed by atoms with van der Waals surface area (Å²) in [7, 11) is 2.44. The van der Waals surface area contributed by atoms with Crippen molar-refractivity contribution in [3.63, 3.8) is 0 Å². The maximum atomic E-state index is 5.35. The minimum Gasteiger partial charge on any atom is -0.380 e. The van der Waals surface area contributed by atoms with E-state index >= 15 is 0 Å². The third kappa shape index (κ3) is 2.91. The van der Waals surface area contributed by atoms with Crippen molar-refractivity contribution in [2.45, 2.75) is 26.2 Å². The number of fused-ring (bicyclic) bond motifs is 1. The maximum Gasteiger partial charge on any atom is 0.129 e. The van der Waals surface area contributed by atoms with E-state index in [9.17, 15) is 0 Å². The van der Waals surface area contributed by atoms with Gasteiger partial charge in [0.25, 0.3) is 0 Å². The fourth-order valence-electron chi connectivity index (χ4n) is 2.17. The molecule has 0 fully saturated rings. The molecular weight excluding hydrogens is 250 g/mol. The Bertz CT molecular complexity index is 653. The van der Waals surface area contributed by atoms with E-state index in [1.54, 1.807) is 7.11 Å². The van der Waals surface area contributed by atoms with Crippen molar-refractivity contribution >= 4 is 19.0 Å². The van der Waals surface area contributed by atoms with Crippen LogP contribution in [0.25, 0.3) is 10.9 Å². The summed E-state index contributed by atoms with van der Waals surface area (Å²) in [6.45, 7) is 7.40. The second-order valence-corrected chi connectivity index (χ2v) is 10.6. The van der Waals surface area contributed by atoms with Crippen LogP contribution in [0.15, 0.2) is 24.3 Å². The summed E-state index contributed by atoms with van der Waals surface area (Å²) in [6, 6.07) is 8.41. The number of hydrogen-bond donors (Lipinski definition) is 0. The first-order valence-electron chi connectivity index (χ1n) is 6.52. The number of hydrogen-bond acceptors (Lipinski definition) is 1. The smallest absolute Gasteiger partial charge is 0.129 e. The van der Waals surface area contributed by atoms with Gasteiger partial charge in [0, 0.05) is 30.6 Å². The summed E-state index contributed by atoms with van der Waals surface area (Å²) < 4.78 is 7.53. The number of nitrogens with zero attached hydrogens (tertiary/aromatic N) is 1. The minimum absolute atomic E-state index is 0.608. The number of ether oxygens (including phenoxy) is 1. The van der Waals surface area contributed by atoms with Crippen molar-refractivity contribution in [3.05, 3.63) is 35.5 Å². The molecule has 2 rings (SSSR count). The van der Waals surface area contributed by atoms with Crippen LogP contribution in [0, 0.1) is 11.5 Å². The standard InChI is InChI=1S/C16H21NOSi/c1-17-15-9-7-6-8-13(15)14(12-18-2)16(17)10-11-19(3,4)5/h6-9H,12H2,1-5H3. The molecule has 0 atom stereocenters. The first kappa shape index (κ1) is 13.9. The van der Waals surface area contributed by atoms with Gasteiger partial charge in [-0.25, -0.2) is 0 Å². The number of aromatic nitrogens is 1. The molecule has 19 heavy (non-hydrogen) atoms. The fourth-order valence-corrected chi connectivity index (χ4v) is 2.66. The van der Waals surface area contributed by atoms with E-state index in [0.717, 1.165) is 5.69 Å². The van der Waals surface area contributed by atoms with Crippen molar-refractivity contribution in [2.24, 2.45) is 7.05 Å². The summed E-state index contributed by atoms with van der Waals surface area (Å²) in [5.74, 6) is 3.39.